The number of sulfonamides is 1. The minimum atomic E-state index is -3.20. The first kappa shape index (κ1) is 15.1. The second kappa shape index (κ2) is 5.77. The van der Waals surface area contributed by atoms with Crippen LogP contribution >= 0.6 is 0 Å². The standard InChI is InChI=1S/C12H21N3O2S/c1-10(11-7-5-6-8-13-11)14-9-12(2,3)15-18(4,16)17/h5-8,10,14-15H,9H2,1-4H3. The van der Waals surface area contributed by atoms with Gasteiger partial charge in [-0.05, 0) is 32.9 Å². The monoisotopic (exact) mass is 271 g/mol. The minimum absolute atomic E-state index is 0.0758. The van der Waals surface area contributed by atoms with E-state index in [1.165, 1.54) is 0 Å². The minimum Gasteiger partial charge on any atom is -0.307 e. The van der Waals surface area contributed by atoms with Crippen LogP contribution in [0.1, 0.15) is 32.5 Å². The molecule has 0 aliphatic heterocycles. The molecule has 0 spiro atoms. The second-order valence-electron chi connectivity index (χ2n) is 5.12. The smallest absolute Gasteiger partial charge is 0.209 e. The quantitative estimate of drug-likeness (QED) is 0.811. The van der Waals surface area contributed by atoms with Crippen LogP contribution in [0.25, 0.3) is 0 Å². The Hall–Kier alpha value is -0.980. The Morgan fingerprint density at radius 2 is 2.06 bits per heavy atom. The Morgan fingerprint density at radius 3 is 2.56 bits per heavy atom. The molecule has 0 saturated heterocycles. The molecule has 1 heterocycles. The van der Waals surface area contributed by atoms with Gasteiger partial charge in [-0.15, -0.1) is 0 Å². The van der Waals surface area contributed by atoms with Gasteiger partial charge in [0.05, 0.1) is 11.9 Å². The summed E-state index contributed by atoms with van der Waals surface area (Å²) in [5.41, 5.74) is 0.407. The lowest BCUT2D eigenvalue weighted by Gasteiger charge is -2.27. The van der Waals surface area contributed by atoms with Crippen LogP contribution in [-0.2, 0) is 10.0 Å². The summed E-state index contributed by atoms with van der Waals surface area (Å²) in [6.45, 7) is 6.20. The molecule has 0 aromatic carbocycles. The van der Waals surface area contributed by atoms with E-state index in [4.69, 9.17) is 0 Å². The summed E-state index contributed by atoms with van der Waals surface area (Å²) in [6.07, 6.45) is 2.91. The van der Waals surface area contributed by atoms with Crippen molar-refractivity contribution in [1.82, 2.24) is 15.0 Å². The molecular weight excluding hydrogens is 250 g/mol. The van der Waals surface area contributed by atoms with E-state index in [0.717, 1.165) is 11.9 Å². The largest absolute Gasteiger partial charge is 0.307 e. The van der Waals surface area contributed by atoms with E-state index in [1.54, 1.807) is 6.20 Å². The van der Waals surface area contributed by atoms with Crippen molar-refractivity contribution in [2.24, 2.45) is 0 Å². The Labute approximate surface area is 109 Å². The molecule has 1 aromatic heterocycles. The van der Waals surface area contributed by atoms with Crippen LogP contribution in [-0.4, -0.2) is 31.7 Å². The molecule has 0 saturated carbocycles. The van der Waals surface area contributed by atoms with Crippen molar-refractivity contribution < 1.29 is 8.42 Å². The van der Waals surface area contributed by atoms with Crippen LogP contribution in [0.3, 0.4) is 0 Å². The normalized spacial score (nSPS) is 14.4. The molecule has 1 aromatic rings. The molecule has 0 radical (unpaired) electrons. The third-order valence-corrected chi connectivity index (χ3v) is 3.37. The molecule has 1 atom stereocenters. The molecule has 6 heteroatoms. The maximum Gasteiger partial charge on any atom is 0.209 e. The first-order valence-corrected chi connectivity index (χ1v) is 7.72. The third-order valence-electron chi connectivity index (χ3n) is 2.44. The van der Waals surface area contributed by atoms with Gasteiger partial charge in [0.1, 0.15) is 0 Å². The van der Waals surface area contributed by atoms with Gasteiger partial charge in [-0.3, -0.25) is 4.98 Å². The highest BCUT2D eigenvalue weighted by molar-refractivity contribution is 7.88. The van der Waals surface area contributed by atoms with Crippen molar-refractivity contribution >= 4 is 10.0 Å². The van der Waals surface area contributed by atoms with Crippen molar-refractivity contribution in [3.63, 3.8) is 0 Å². The number of nitrogens with one attached hydrogen (secondary N) is 2. The maximum atomic E-state index is 11.2. The molecule has 102 valence electrons. The SMILES string of the molecule is CC(NCC(C)(C)NS(C)(=O)=O)c1ccccn1. The van der Waals surface area contributed by atoms with Gasteiger partial charge >= 0.3 is 0 Å². The number of hydrogen-bond donors (Lipinski definition) is 2. The summed E-state index contributed by atoms with van der Waals surface area (Å²) in [6, 6.07) is 5.81. The fourth-order valence-electron chi connectivity index (χ4n) is 1.68. The molecule has 0 bridgehead atoms. The highest BCUT2D eigenvalue weighted by Gasteiger charge is 2.22. The van der Waals surface area contributed by atoms with E-state index >= 15 is 0 Å². The molecule has 0 aliphatic rings. The van der Waals surface area contributed by atoms with Gasteiger partial charge in [-0.2, -0.15) is 0 Å². The summed E-state index contributed by atoms with van der Waals surface area (Å²) in [5, 5.41) is 3.27. The second-order valence-corrected chi connectivity index (χ2v) is 6.86. The number of rotatable bonds is 6. The molecule has 1 unspecified atom stereocenters. The predicted molar refractivity (Wildman–Crippen MR) is 72.7 cm³/mol. The van der Waals surface area contributed by atoms with Crippen LogP contribution < -0.4 is 10.0 Å². The van der Waals surface area contributed by atoms with E-state index in [9.17, 15) is 8.42 Å². The molecule has 18 heavy (non-hydrogen) atoms. The molecule has 0 amide bonds. The van der Waals surface area contributed by atoms with E-state index in [2.05, 4.69) is 15.0 Å². The van der Waals surface area contributed by atoms with Gasteiger partial charge in [-0.1, -0.05) is 6.07 Å². The molecular formula is C12H21N3O2S. The van der Waals surface area contributed by atoms with Gasteiger partial charge in [0.2, 0.25) is 10.0 Å². The van der Waals surface area contributed by atoms with Crippen LogP contribution in [0.5, 0.6) is 0 Å². The molecule has 1 rings (SSSR count). The first-order chi connectivity index (χ1) is 8.20. The number of aromatic nitrogens is 1. The lowest BCUT2D eigenvalue weighted by molar-refractivity contribution is 0.397. The van der Waals surface area contributed by atoms with Crippen molar-refractivity contribution in [2.75, 3.05) is 12.8 Å². The zero-order valence-corrected chi connectivity index (χ0v) is 12.1. The van der Waals surface area contributed by atoms with Gasteiger partial charge in [0, 0.05) is 24.3 Å². The summed E-state index contributed by atoms with van der Waals surface area (Å²) in [4.78, 5) is 4.25. The first-order valence-electron chi connectivity index (χ1n) is 5.83. The third kappa shape index (κ3) is 5.57. The topological polar surface area (TPSA) is 71.1 Å². The van der Waals surface area contributed by atoms with Crippen LogP contribution in [0.2, 0.25) is 0 Å². The van der Waals surface area contributed by atoms with Crippen molar-refractivity contribution in [1.29, 1.82) is 0 Å². The van der Waals surface area contributed by atoms with Gasteiger partial charge < -0.3 is 5.32 Å². The summed E-state index contributed by atoms with van der Waals surface area (Å²) < 4.78 is 25.0. The van der Waals surface area contributed by atoms with Gasteiger partial charge in [-0.25, -0.2) is 13.1 Å². The van der Waals surface area contributed by atoms with Crippen LogP contribution in [0.4, 0.5) is 0 Å². The van der Waals surface area contributed by atoms with Gasteiger partial charge in [0.15, 0.2) is 0 Å². The van der Waals surface area contributed by atoms with Crippen LogP contribution in [0, 0.1) is 0 Å². The average molecular weight is 271 g/mol. The average Bonchev–Trinajstić information content (AvgIpc) is 2.24. The molecule has 0 aliphatic carbocycles. The summed E-state index contributed by atoms with van der Waals surface area (Å²) >= 11 is 0. The number of nitrogens with zero attached hydrogens (tertiary/aromatic N) is 1. The van der Waals surface area contributed by atoms with E-state index in [1.807, 2.05) is 39.0 Å². The summed E-state index contributed by atoms with van der Waals surface area (Å²) in [5.74, 6) is 0. The van der Waals surface area contributed by atoms with Crippen molar-refractivity contribution in [3.05, 3.63) is 30.1 Å². The maximum absolute atomic E-state index is 11.2. The Bertz CT molecular complexity index is 471. The molecule has 5 nitrogen and oxygen atoms in total. The van der Waals surface area contributed by atoms with E-state index in [-0.39, 0.29) is 6.04 Å². The van der Waals surface area contributed by atoms with Crippen molar-refractivity contribution in [3.8, 4) is 0 Å². The van der Waals surface area contributed by atoms with E-state index in [0.29, 0.717) is 6.54 Å². The highest BCUT2D eigenvalue weighted by atomic mass is 32.2. The van der Waals surface area contributed by atoms with Crippen LogP contribution in [0.15, 0.2) is 24.4 Å². The number of pyridine rings is 1. The van der Waals surface area contributed by atoms with E-state index < -0.39 is 15.6 Å². The molecule has 0 fully saturated rings. The fourth-order valence-corrected chi connectivity index (χ4v) is 2.76. The number of hydrogen-bond acceptors (Lipinski definition) is 4. The Kier molecular flexibility index (Phi) is 4.84. The zero-order valence-electron chi connectivity index (χ0n) is 11.3. The lowest BCUT2D eigenvalue weighted by Crippen LogP contribution is -2.50. The van der Waals surface area contributed by atoms with Gasteiger partial charge in [0.25, 0.3) is 0 Å². The molecule has 2 N–H and O–H groups in total. The fraction of sp³-hybridized carbons (Fsp3) is 0.583. The highest BCUT2D eigenvalue weighted by Crippen LogP contribution is 2.10. The lowest BCUT2D eigenvalue weighted by atomic mass is 10.1. The zero-order chi connectivity index (χ0) is 13.8. The summed E-state index contributed by atoms with van der Waals surface area (Å²) in [7, 11) is -3.20. The Balaban J connectivity index is 2.55. The Morgan fingerprint density at radius 1 is 1.39 bits per heavy atom. The van der Waals surface area contributed by atoms with Crippen molar-refractivity contribution in [2.45, 2.75) is 32.4 Å². The predicted octanol–water partition coefficient (Wildman–Crippen LogP) is 1.06.